The maximum atomic E-state index is 13.2. The lowest BCUT2D eigenvalue weighted by atomic mass is 10.3. The van der Waals surface area contributed by atoms with E-state index in [1.165, 1.54) is 12.1 Å². The van der Waals surface area contributed by atoms with Gasteiger partial charge in [0.2, 0.25) is 5.95 Å². The van der Waals surface area contributed by atoms with Gasteiger partial charge in [0.15, 0.2) is 0 Å². The van der Waals surface area contributed by atoms with E-state index in [1.54, 1.807) is 19.2 Å². The average Bonchev–Trinajstić information content (AvgIpc) is 2.70. The summed E-state index contributed by atoms with van der Waals surface area (Å²) in [5, 5.41) is 3.13. The van der Waals surface area contributed by atoms with Crippen molar-refractivity contribution in [2.75, 3.05) is 19.0 Å². The number of rotatable bonds is 5. The largest absolute Gasteiger partial charge is 0.383 e. The molecule has 2 aromatic rings. The number of aryl methyl sites for hydroxylation is 1. The third kappa shape index (κ3) is 3.32. The number of ether oxygens (including phenoxy) is 1. The SMILES string of the molecule is COCC(C)n1cc(C)nc1Nc1cccc(F)c1. The molecular weight excluding hydrogens is 245 g/mol. The van der Waals surface area contributed by atoms with Crippen LogP contribution in [-0.2, 0) is 4.74 Å². The second-order valence-corrected chi connectivity index (χ2v) is 4.55. The van der Waals surface area contributed by atoms with E-state index in [-0.39, 0.29) is 11.9 Å². The number of methoxy groups -OCH3 is 1. The van der Waals surface area contributed by atoms with Gasteiger partial charge in [-0.2, -0.15) is 0 Å². The van der Waals surface area contributed by atoms with Crippen molar-refractivity contribution in [1.29, 1.82) is 0 Å². The molecule has 2 rings (SSSR count). The molecule has 0 fully saturated rings. The zero-order valence-electron chi connectivity index (χ0n) is 11.4. The van der Waals surface area contributed by atoms with Crippen LogP contribution in [0.1, 0.15) is 18.7 Å². The Morgan fingerprint density at radius 2 is 2.26 bits per heavy atom. The summed E-state index contributed by atoms with van der Waals surface area (Å²) in [4.78, 5) is 4.41. The average molecular weight is 263 g/mol. The van der Waals surface area contributed by atoms with Crippen LogP contribution in [0.2, 0.25) is 0 Å². The fourth-order valence-corrected chi connectivity index (χ4v) is 1.96. The molecule has 4 nitrogen and oxygen atoms in total. The summed E-state index contributed by atoms with van der Waals surface area (Å²) >= 11 is 0. The van der Waals surface area contributed by atoms with E-state index in [9.17, 15) is 4.39 Å². The maximum Gasteiger partial charge on any atom is 0.207 e. The Balaban J connectivity index is 2.24. The number of nitrogens with zero attached hydrogens (tertiary/aromatic N) is 2. The minimum atomic E-state index is -0.273. The summed E-state index contributed by atoms with van der Waals surface area (Å²) in [6.07, 6.45) is 1.95. The summed E-state index contributed by atoms with van der Waals surface area (Å²) in [5.41, 5.74) is 1.58. The van der Waals surface area contributed by atoms with E-state index in [1.807, 2.05) is 24.6 Å². The third-order valence-corrected chi connectivity index (χ3v) is 2.82. The Labute approximate surface area is 112 Å². The molecule has 0 aliphatic carbocycles. The lowest BCUT2D eigenvalue weighted by Crippen LogP contribution is -2.12. The standard InChI is InChI=1S/C14H18FN3O/c1-10-8-18(11(2)9-19-3)14(16-10)17-13-6-4-5-12(15)7-13/h4-8,11H,9H2,1-3H3,(H,16,17). The molecule has 0 spiro atoms. The van der Waals surface area contributed by atoms with Crippen LogP contribution >= 0.6 is 0 Å². The van der Waals surface area contributed by atoms with Crippen LogP contribution in [-0.4, -0.2) is 23.3 Å². The van der Waals surface area contributed by atoms with Crippen LogP contribution in [0.25, 0.3) is 0 Å². The topological polar surface area (TPSA) is 39.1 Å². The van der Waals surface area contributed by atoms with Crippen molar-refractivity contribution in [3.05, 3.63) is 42.0 Å². The van der Waals surface area contributed by atoms with Crippen LogP contribution in [0.5, 0.6) is 0 Å². The number of hydrogen-bond acceptors (Lipinski definition) is 3. The first kappa shape index (κ1) is 13.5. The molecule has 0 radical (unpaired) electrons. The van der Waals surface area contributed by atoms with Crippen molar-refractivity contribution in [3.63, 3.8) is 0 Å². The van der Waals surface area contributed by atoms with Gasteiger partial charge in [-0.3, -0.25) is 0 Å². The monoisotopic (exact) mass is 263 g/mol. The molecule has 0 aliphatic rings. The number of aromatic nitrogens is 2. The van der Waals surface area contributed by atoms with E-state index >= 15 is 0 Å². The highest BCUT2D eigenvalue weighted by Gasteiger charge is 2.12. The molecule has 0 bridgehead atoms. The molecule has 1 unspecified atom stereocenters. The van der Waals surface area contributed by atoms with Crippen LogP contribution in [0.3, 0.4) is 0 Å². The lowest BCUT2D eigenvalue weighted by Gasteiger charge is -2.16. The Morgan fingerprint density at radius 1 is 1.47 bits per heavy atom. The van der Waals surface area contributed by atoms with E-state index in [4.69, 9.17) is 4.74 Å². The van der Waals surface area contributed by atoms with E-state index < -0.39 is 0 Å². The van der Waals surface area contributed by atoms with Crippen molar-refractivity contribution in [2.24, 2.45) is 0 Å². The normalized spacial score (nSPS) is 12.4. The van der Waals surface area contributed by atoms with Gasteiger partial charge < -0.3 is 14.6 Å². The second kappa shape index (κ2) is 5.84. The van der Waals surface area contributed by atoms with Crippen LogP contribution < -0.4 is 5.32 Å². The summed E-state index contributed by atoms with van der Waals surface area (Å²) in [5.74, 6) is 0.414. The lowest BCUT2D eigenvalue weighted by molar-refractivity contribution is 0.163. The number of nitrogens with one attached hydrogen (secondary N) is 1. The van der Waals surface area contributed by atoms with Crippen LogP contribution in [0.15, 0.2) is 30.5 Å². The number of anilines is 2. The van der Waals surface area contributed by atoms with E-state index in [0.29, 0.717) is 18.2 Å². The Hall–Kier alpha value is -1.88. The van der Waals surface area contributed by atoms with Crippen molar-refractivity contribution < 1.29 is 9.13 Å². The van der Waals surface area contributed by atoms with Gasteiger partial charge in [0.05, 0.1) is 18.3 Å². The number of imidazole rings is 1. The number of halogens is 1. The molecule has 1 aromatic heterocycles. The fraction of sp³-hybridized carbons (Fsp3) is 0.357. The van der Waals surface area contributed by atoms with Gasteiger partial charge in [0.1, 0.15) is 5.82 Å². The van der Waals surface area contributed by atoms with Gasteiger partial charge in [0, 0.05) is 19.0 Å². The van der Waals surface area contributed by atoms with Crippen molar-refractivity contribution >= 4 is 11.6 Å². The van der Waals surface area contributed by atoms with Gasteiger partial charge in [0.25, 0.3) is 0 Å². The molecule has 1 aromatic carbocycles. The van der Waals surface area contributed by atoms with Crippen LogP contribution in [0.4, 0.5) is 16.0 Å². The third-order valence-electron chi connectivity index (χ3n) is 2.82. The van der Waals surface area contributed by atoms with Gasteiger partial charge in [-0.05, 0) is 32.0 Å². The van der Waals surface area contributed by atoms with E-state index in [2.05, 4.69) is 10.3 Å². The predicted molar refractivity (Wildman–Crippen MR) is 73.2 cm³/mol. The minimum absolute atomic E-state index is 0.155. The first-order chi connectivity index (χ1) is 9.10. The number of benzene rings is 1. The first-order valence-electron chi connectivity index (χ1n) is 6.17. The Kier molecular flexibility index (Phi) is 4.16. The quantitative estimate of drug-likeness (QED) is 0.899. The summed E-state index contributed by atoms with van der Waals surface area (Å²) in [7, 11) is 1.67. The summed E-state index contributed by atoms with van der Waals surface area (Å²) in [6, 6.07) is 6.47. The zero-order valence-corrected chi connectivity index (χ0v) is 11.4. The maximum absolute atomic E-state index is 13.2. The van der Waals surface area contributed by atoms with Gasteiger partial charge in [-0.1, -0.05) is 6.07 Å². The predicted octanol–water partition coefficient (Wildman–Crippen LogP) is 3.28. The fourth-order valence-electron chi connectivity index (χ4n) is 1.96. The van der Waals surface area contributed by atoms with E-state index in [0.717, 1.165) is 5.69 Å². The molecule has 1 N–H and O–H groups in total. The van der Waals surface area contributed by atoms with Crippen molar-refractivity contribution in [1.82, 2.24) is 9.55 Å². The Morgan fingerprint density at radius 3 is 2.95 bits per heavy atom. The first-order valence-corrected chi connectivity index (χ1v) is 6.17. The molecule has 19 heavy (non-hydrogen) atoms. The summed E-state index contributed by atoms with van der Waals surface area (Å²) in [6.45, 7) is 4.56. The minimum Gasteiger partial charge on any atom is -0.383 e. The summed E-state index contributed by atoms with van der Waals surface area (Å²) < 4.78 is 20.3. The molecular formula is C14H18FN3O. The second-order valence-electron chi connectivity index (χ2n) is 4.55. The van der Waals surface area contributed by atoms with Gasteiger partial charge >= 0.3 is 0 Å². The highest BCUT2D eigenvalue weighted by atomic mass is 19.1. The van der Waals surface area contributed by atoms with Crippen molar-refractivity contribution in [3.8, 4) is 0 Å². The highest BCUT2D eigenvalue weighted by molar-refractivity contribution is 5.53. The van der Waals surface area contributed by atoms with Crippen molar-refractivity contribution in [2.45, 2.75) is 19.9 Å². The van der Waals surface area contributed by atoms with Crippen LogP contribution in [0, 0.1) is 12.7 Å². The molecule has 0 aliphatic heterocycles. The molecule has 0 saturated carbocycles. The highest BCUT2D eigenvalue weighted by Crippen LogP contribution is 2.21. The molecule has 0 saturated heterocycles. The molecule has 1 heterocycles. The number of hydrogen-bond donors (Lipinski definition) is 1. The zero-order chi connectivity index (χ0) is 13.8. The smallest absolute Gasteiger partial charge is 0.207 e. The molecule has 5 heteroatoms. The van der Waals surface area contributed by atoms with Gasteiger partial charge in [-0.25, -0.2) is 9.37 Å². The molecule has 1 atom stereocenters. The molecule has 102 valence electrons. The van der Waals surface area contributed by atoms with Gasteiger partial charge in [-0.15, -0.1) is 0 Å². The molecule has 0 amide bonds. The Bertz CT molecular complexity index is 553.